The molecule has 0 saturated carbocycles. The molecule has 22 heavy (non-hydrogen) atoms. The van der Waals surface area contributed by atoms with Crippen molar-refractivity contribution in [1.29, 1.82) is 0 Å². The van der Waals surface area contributed by atoms with Gasteiger partial charge in [0.1, 0.15) is 5.69 Å². The molecule has 6 heteroatoms. The molecular formula is C16H19F3N2O. The standard InChI is InChI=1S/C16H19F3N2O/c1-10-8-15(16(17,18)19)20-9-12(10)14-3-2-13(21-14)11-4-6-22-7-5-11/h2,8-9,11,14,21H,3-7H2,1H3. The Morgan fingerprint density at radius 3 is 2.64 bits per heavy atom. The zero-order valence-electron chi connectivity index (χ0n) is 12.4. The van der Waals surface area contributed by atoms with Gasteiger partial charge in [0.2, 0.25) is 0 Å². The summed E-state index contributed by atoms with van der Waals surface area (Å²) in [5, 5.41) is 3.46. The summed E-state index contributed by atoms with van der Waals surface area (Å²) in [4.78, 5) is 3.58. The van der Waals surface area contributed by atoms with Gasteiger partial charge in [0.15, 0.2) is 0 Å². The SMILES string of the molecule is Cc1cc(C(F)(F)F)ncc1C1CC=C(C2CCOCC2)N1. The second kappa shape index (κ2) is 5.91. The van der Waals surface area contributed by atoms with Crippen molar-refractivity contribution in [3.8, 4) is 0 Å². The van der Waals surface area contributed by atoms with E-state index >= 15 is 0 Å². The van der Waals surface area contributed by atoms with E-state index in [0.29, 0.717) is 11.5 Å². The number of pyridine rings is 1. The van der Waals surface area contributed by atoms with Crippen LogP contribution < -0.4 is 5.32 Å². The average Bonchev–Trinajstić information content (AvgIpc) is 2.96. The molecule has 1 aromatic heterocycles. The lowest BCUT2D eigenvalue weighted by Crippen LogP contribution is -2.25. The summed E-state index contributed by atoms with van der Waals surface area (Å²) in [6.45, 7) is 3.25. The van der Waals surface area contributed by atoms with Gasteiger partial charge in [-0.3, -0.25) is 4.98 Å². The highest BCUT2D eigenvalue weighted by atomic mass is 19.4. The number of halogens is 3. The highest BCUT2D eigenvalue weighted by Crippen LogP contribution is 2.34. The topological polar surface area (TPSA) is 34.1 Å². The maximum atomic E-state index is 12.7. The third-order valence-corrected chi connectivity index (χ3v) is 4.39. The molecule has 3 heterocycles. The van der Waals surface area contributed by atoms with Crippen molar-refractivity contribution >= 4 is 0 Å². The Labute approximate surface area is 127 Å². The van der Waals surface area contributed by atoms with Crippen LogP contribution >= 0.6 is 0 Å². The molecule has 1 unspecified atom stereocenters. The fourth-order valence-corrected chi connectivity index (χ4v) is 3.15. The van der Waals surface area contributed by atoms with Gasteiger partial charge in [-0.1, -0.05) is 6.08 Å². The van der Waals surface area contributed by atoms with Gasteiger partial charge in [-0.15, -0.1) is 0 Å². The summed E-state index contributed by atoms with van der Waals surface area (Å²) in [5.74, 6) is 0.474. The number of hydrogen-bond acceptors (Lipinski definition) is 3. The molecule has 1 fully saturated rings. The van der Waals surface area contributed by atoms with E-state index in [9.17, 15) is 13.2 Å². The molecule has 0 aromatic carbocycles. The van der Waals surface area contributed by atoms with Crippen molar-refractivity contribution in [2.24, 2.45) is 5.92 Å². The number of nitrogens with zero attached hydrogens (tertiary/aromatic N) is 1. The molecule has 0 radical (unpaired) electrons. The Bertz CT molecular complexity index is 577. The van der Waals surface area contributed by atoms with Gasteiger partial charge in [-0.05, 0) is 43.4 Å². The third-order valence-electron chi connectivity index (χ3n) is 4.39. The van der Waals surface area contributed by atoms with Crippen LogP contribution in [0.1, 0.15) is 42.1 Å². The first-order chi connectivity index (χ1) is 10.4. The summed E-state index contributed by atoms with van der Waals surface area (Å²) in [7, 11) is 0. The van der Waals surface area contributed by atoms with E-state index in [4.69, 9.17) is 4.74 Å². The van der Waals surface area contributed by atoms with Crippen LogP contribution in [0.3, 0.4) is 0 Å². The number of rotatable bonds is 2. The van der Waals surface area contributed by atoms with Gasteiger partial charge in [0.05, 0.1) is 6.04 Å². The van der Waals surface area contributed by atoms with E-state index in [1.165, 1.54) is 11.9 Å². The van der Waals surface area contributed by atoms with Gasteiger partial charge in [-0.25, -0.2) is 0 Å². The Kier molecular flexibility index (Phi) is 4.12. The molecule has 0 amide bonds. The molecule has 3 rings (SSSR count). The first kappa shape index (κ1) is 15.3. The molecule has 1 saturated heterocycles. The highest BCUT2D eigenvalue weighted by Gasteiger charge is 2.33. The maximum Gasteiger partial charge on any atom is 0.433 e. The first-order valence-corrected chi connectivity index (χ1v) is 7.53. The number of nitrogens with one attached hydrogen (secondary N) is 1. The first-order valence-electron chi connectivity index (χ1n) is 7.53. The van der Waals surface area contributed by atoms with Crippen molar-refractivity contribution < 1.29 is 17.9 Å². The lowest BCUT2D eigenvalue weighted by atomic mass is 9.97. The largest absolute Gasteiger partial charge is 0.433 e. The predicted octanol–water partition coefficient (Wildman–Crippen LogP) is 3.75. The minimum atomic E-state index is -4.39. The molecule has 1 aromatic rings. The second-order valence-electron chi connectivity index (χ2n) is 5.90. The Balaban J connectivity index is 1.71. The Hall–Kier alpha value is -1.56. The van der Waals surface area contributed by atoms with Crippen molar-refractivity contribution in [3.05, 3.63) is 40.9 Å². The zero-order valence-corrected chi connectivity index (χ0v) is 12.4. The van der Waals surface area contributed by atoms with Gasteiger partial charge >= 0.3 is 6.18 Å². The normalized spacial score (nSPS) is 23.3. The molecule has 2 aliphatic heterocycles. The van der Waals surface area contributed by atoms with Gasteiger partial charge < -0.3 is 10.1 Å². The van der Waals surface area contributed by atoms with Crippen LogP contribution in [0.4, 0.5) is 13.2 Å². The number of aryl methyl sites for hydroxylation is 1. The van der Waals surface area contributed by atoms with Crippen LogP contribution in [-0.2, 0) is 10.9 Å². The van der Waals surface area contributed by atoms with Gasteiger partial charge in [0, 0.05) is 31.0 Å². The molecule has 3 nitrogen and oxygen atoms in total. The third kappa shape index (κ3) is 3.11. The molecule has 0 spiro atoms. The fourth-order valence-electron chi connectivity index (χ4n) is 3.15. The Morgan fingerprint density at radius 1 is 1.27 bits per heavy atom. The quantitative estimate of drug-likeness (QED) is 0.903. The van der Waals surface area contributed by atoms with E-state index in [2.05, 4.69) is 16.4 Å². The number of ether oxygens (including phenoxy) is 1. The van der Waals surface area contributed by atoms with E-state index in [1.807, 2.05) is 0 Å². The van der Waals surface area contributed by atoms with Crippen LogP contribution in [-0.4, -0.2) is 18.2 Å². The van der Waals surface area contributed by atoms with E-state index < -0.39 is 11.9 Å². The maximum absolute atomic E-state index is 12.7. The van der Waals surface area contributed by atoms with Crippen molar-refractivity contribution in [2.75, 3.05) is 13.2 Å². The molecular weight excluding hydrogens is 293 g/mol. The van der Waals surface area contributed by atoms with Gasteiger partial charge in [-0.2, -0.15) is 13.2 Å². The summed E-state index contributed by atoms with van der Waals surface area (Å²) >= 11 is 0. The monoisotopic (exact) mass is 312 g/mol. The van der Waals surface area contributed by atoms with Crippen LogP contribution in [0.2, 0.25) is 0 Å². The summed E-state index contributed by atoms with van der Waals surface area (Å²) < 4.78 is 43.4. The molecule has 0 bridgehead atoms. The van der Waals surface area contributed by atoms with Crippen LogP contribution in [0.25, 0.3) is 0 Å². The molecule has 120 valence electrons. The van der Waals surface area contributed by atoms with E-state index in [0.717, 1.165) is 44.1 Å². The minimum Gasteiger partial charge on any atom is -0.381 e. The number of alkyl halides is 3. The lowest BCUT2D eigenvalue weighted by Gasteiger charge is -2.25. The smallest absolute Gasteiger partial charge is 0.381 e. The molecule has 2 aliphatic rings. The van der Waals surface area contributed by atoms with Gasteiger partial charge in [0.25, 0.3) is 0 Å². The molecule has 0 aliphatic carbocycles. The van der Waals surface area contributed by atoms with Crippen molar-refractivity contribution in [3.63, 3.8) is 0 Å². The van der Waals surface area contributed by atoms with Crippen LogP contribution in [0.5, 0.6) is 0 Å². The lowest BCUT2D eigenvalue weighted by molar-refractivity contribution is -0.141. The number of hydrogen-bond donors (Lipinski definition) is 1. The fraction of sp³-hybridized carbons (Fsp3) is 0.562. The summed E-state index contributed by atoms with van der Waals surface area (Å²) in [5.41, 5.74) is 1.84. The van der Waals surface area contributed by atoms with Crippen LogP contribution in [0, 0.1) is 12.8 Å². The molecule has 1 N–H and O–H groups in total. The highest BCUT2D eigenvalue weighted by molar-refractivity contribution is 5.32. The Morgan fingerprint density at radius 2 is 2.00 bits per heavy atom. The minimum absolute atomic E-state index is 0.0210. The van der Waals surface area contributed by atoms with E-state index in [-0.39, 0.29) is 6.04 Å². The number of aromatic nitrogens is 1. The van der Waals surface area contributed by atoms with Crippen LogP contribution in [0.15, 0.2) is 24.0 Å². The summed E-state index contributed by atoms with van der Waals surface area (Å²) in [6.07, 6.45) is 1.92. The average molecular weight is 312 g/mol. The van der Waals surface area contributed by atoms with E-state index in [1.54, 1.807) is 6.92 Å². The zero-order chi connectivity index (χ0) is 15.7. The molecule has 1 atom stereocenters. The number of allylic oxidation sites excluding steroid dienone is 1. The van der Waals surface area contributed by atoms with Crippen molar-refractivity contribution in [2.45, 2.75) is 38.4 Å². The van der Waals surface area contributed by atoms with Crippen molar-refractivity contribution in [1.82, 2.24) is 10.3 Å². The summed E-state index contributed by atoms with van der Waals surface area (Å²) in [6, 6.07) is 1.15. The predicted molar refractivity (Wildman–Crippen MR) is 76.1 cm³/mol. The second-order valence-corrected chi connectivity index (χ2v) is 5.90.